The first kappa shape index (κ1) is 26.7. The van der Waals surface area contributed by atoms with Crippen LogP contribution in [0.1, 0.15) is 141 Å². The van der Waals surface area contributed by atoms with Crippen LogP contribution >= 0.6 is 0 Å². The molecule has 2 rings (SSSR count). The van der Waals surface area contributed by atoms with Gasteiger partial charge >= 0.3 is 0 Å². The van der Waals surface area contributed by atoms with Crippen LogP contribution < -0.4 is 4.57 Å². The third-order valence-electron chi connectivity index (χ3n) is 6.95. The number of aromatic amines is 1. The van der Waals surface area contributed by atoms with E-state index >= 15 is 0 Å². The summed E-state index contributed by atoms with van der Waals surface area (Å²) in [6, 6.07) is 10.8. The SMILES string of the molecule is CCCCCCCCCCCCC[C@H](CCCCCCC)c1[nH]cc[n+]1-c1ccccc1. The highest BCUT2D eigenvalue weighted by Gasteiger charge is 2.23. The fourth-order valence-electron chi connectivity index (χ4n) is 4.94. The first-order chi connectivity index (χ1) is 15.9. The number of aromatic nitrogens is 2. The lowest BCUT2D eigenvalue weighted by Gasteiger charge is -2.14. The maximum atomic E-state index is 3.61. The number of benzene rings is 1. The van der Waals surface area contributed by atoms with Crippen LogP contribution in [0.25, 0.3) is 5.69 Å². The molecule has 0 saturated heterocycles. The average Bonchev–Trinajstić information content (AvgIpc) is 3.31. The van der Waals surface area contributed by atoms with Gasteiger partial charge in [-0.15, -0.1) is 0 Å². The Kier molecular flexibility index (Phi) is 14.9. The van der Waals surface area contributed by atoms with Crippen molar-refractivity contribution in [2.75, 3.05) is 0 Å². The van der Waals surface area contributed by atoms with E-state index in [0.29, 0.717) is 5.92 Å². The standard InChI is InChI=1S/C30H50N2/c1-3-5-7-9-10-11-12-13-14-16-19-23-28(22-18-15-8-6-4-2)30-31-26-27-32(30)29-24-20-17-21-25-29/h17,20-21,24-28H,3-16,18-19,22-23H2,1-2H3/p+1/t28-/m0/s1. The third-order valence-corrected chi connectivity index (χ3v) is 6.95. The lowest BCUT2D eigenvalue weighted by atomic mass is 9.93. The zero-order valence-corrected chi connectivity index (χ0v) is 21.3. The van der Waals surface area contributed by atoms with E-state index in [1.54, 1.807) is 0 Å². The van der Waals surface area contributed by atoms with Crippen molar-refractivity contribution in [2.45, 2.75) is 135 Å². The number of hydrogen-bond acceptors (Lipinski definition) is 0. The molecule has 1 atom stereocenters. The van der Waals surface area contributed by atoms with E-state index in [4.69, 9.17) is 0 Å². The maximum Gasteiger partial charge on any atom is 0.262 e. The Morgan fingerprint density at radius 1 is 0.625 bits per heavy atom. The van der Waals surface area contributed by atoms with Crippen molar-refractivity contribution < 1.29 is 4.57 Å². The topological polar surface area (TPSA) is 19.7 Å². The Hall–Kier alpha value is -1.57. The van der Waals surface area contributed by atoms with Crippen molar-refractivity contribution in [2.24, 2.45) is 0 Å². The maximum absolute atomic E-state index is 3.61. The van der Waals surface area contributed by atoms with Gasteiger partial charge in [-0.25, -0.2) is 4.98 Å². The minimum absolute atomic E-state index is 0.644. The molecule has 0 radical (unpaired) electrons. The first-order valence-electron chi connectivity index (χ1n) is 14.0. The number of nitrogens with one attached hydrogen (secondary N) is 1. The molecular formula is C30H51N2+. The van der Waals surface area contributed by atoms with Crippen LogP contribution in [-0.2, 0) is 0 Å². The van der Waals surface area contributed by atoms with E-state index in [-0.39, 0.29) is 0 Å². The summed E-state index contributed by atoms with van der Waals surface area (Å²) in [4.78, 5) is 3.61. The van der Waals surface area contributed by atoms with Crippen LogP contribution in [0.2, 0.25) is 0 Å². The molecule has 0 fully saturated rings. The van der Waals surface area contributed by atoms with Gasteiger partial charge in [0, 0.05) is 0 Å². The van der Waals surface area contributed by atoms with Crippen molar-refractivity contribution in [1.82, 2.24) is 4.98 Å². The molecule has 2 heteroatoms. The number of hydrogen-bond donors (Lipinski definition) is 1. The lowest BCUT2D eigenvalue weighted by Crippen LogP contribution is -2.34. The number of H-pyrrole nitrogens is 1. The van der Waals surface area contributed by atoms with E-state index in [9.17, 15) is 0 Å². The molecular weight excluding hydrogens is 388 g/mol. The Morgan fingerprint density at radius 2 is 1.09 bits per heavy atom. The highest BCUT2D eigenvalue weighted by molar-refractivity contribution is 5.22. The number of rotatable bonds is 20. The van der Waals surface area contributed by atoms with Crippen LogP contribution in [0.3, 0.4) is 0 Å². The minimum Gasteiger partial charge on any atom is -0.247 e. The molecule has 0 aliphatic carbocycles. The van der Waals surface area contributed by atoms with Crippen LogP contribution in [0, 0.1) is 0 Å². The second kappa shape index (κ2) is 17.9. The summed E-state index contributed by atoms with van der Waals surface area (Å²) >= 11 is 0. The van der Waals surface area contributed by atoms with Crippen molar-refractivity contribution >= 4 is 0 Å². The zero-order chi connectivity index (χ0) is 22.7. The second-order valence-electron chi connectivity index (χ2n) is 9.77. The van der Waals surface area contributed by atoms with E-state index < -0.39 is 0 Å². The fraction of sp³-hybridized carbons (Fsp3) is 0.700. The molecule has 1 N–H and O–H groups in total. The van der Waals surface area contributed by atoms with Crippen molar-refractivity contribution in [3.63, 3.8) is 0 Å². The second-order valence-corrected chi connectivity index (χ2v) is 9.77. The quantitative estimate of drug-likeness (QED) is 0.156. The summed E-state index contributed by atoms with van der Waals surface area (Å²) < 4.78 is 2.38. The molecule has 0 unspecified atom stereocenters. The summed E-state index contributed by atoms with van der Waals surface area (Å²) in [5.41, 5.74) is 1.28. The average molecular weight is 440 g/mol. The molecule has 1 aromatic carbocycles. The van der Waals surface area contributed by atoms with Gasteiger partial charge in [0.25, 0.3) is 5.82 Å². The summed E-state index contributed by atoms with van der Waals surface area (Å²) in [7, 11) is 0. The predicted molar refractivity (Wildman–Crippen MR) is 140 cm³/mol. The molecule has 2 aromatic rings. The van der Waals surface area contributed by atoms with Crippen molar-refractivity contribution in [3.05, 3.63) is 48.5 Å². The van der Waals surface area contributed by atoms with E-state index in [2.05, 4.69) is 66.1 Å². The molecule has 0 aliphatic rings. The Balaban J connectivity index is 1.76. The summed E-state index contributed by atoms with van der Waals surface area (Å²) in [5, 5.41) is 0. The highest BCUT2D eigenvalue weighted by Crippen LogP contribution is 2.26. The van der Waals surface area contributed by atoms with Gasteiger partial charge < -0.3 is 0 Å². The number of nitrogens with zero attached hydrogens (tertiary/aromatic N) is 1. The largest absolute Gasteiger partial charge is 0.262 e. The predicted octanol–water partition coefficient (Wildman–Crippen LogP) is 9.44. The lowest BCUT2D eigenvalue weighted by molar-refractivity contribution is -0.604. The molecule has 0 spiro atoms. The first-order valence-corrected chi connectivity index (χ1v) is 14.0. The van der Waals surface area contributed by atoms with Crippen LogP contribution in [0.5, 0.6) is 0 Å². The van der Waals surface area contributed by atoms with Gasteiger partial charge in [0.05, 0.1) is 5.92 Å². The Labute approximate surface area is 199 Å². The summed E-state index contributed by atoms with van der Waals surface area (Å²) in [6.07, 6.45) is 29.4. The van der Waals surface area contributed by atoms with Crippen LogP contribution in [0.4, 0.5) is 0 Å². The fourth-order valence-corrected chi connectivity index (χ4v) is 4.94. The molecule has 0 saturated carbocycles. The number of unbranched alkanes of at least 4 members (excludes halogenated alkanes) is 14. The molecule has 0 amide bonds. The summed E-state index contributed by atoms with van der Waals surface area (Å²) in [6.45, 7) is 4.60. The molecule has 1 heterocycles. The van der Waals surface area contributed by atoms with Gasteiger partial charge in [-0.3, -0.25) is 0 Å². The number of imidazole rings is 1. The normalized spacial score (nSPS) is 12.3. The Bertz CT molecular complexity index is 660. The van der Waals surface area contributed by atoms with E-state index in [0.717, 1.165) is 0 Å². The third kappa shape index (κ3) is 10.8. The molecule has 32 heavy (non-hydrogen) atoms. The van der Waals surface area contributed by atoms with Crippen LogP contribution in [0.15, 0.2) is 42.7 Å². The Morgan fingerprint density at radius 3 is 1.59 bits per heavy atom. The molecule has 0 aliphatic heterocycles. The van der Waals surface area contributed by atoms with Crippen LogP contribution in [-0.4, -0.2) is 4.98 Å². The van der Waals surface area contributed by atoms with E-state index in [1.807, 2.05) is 0 Å². The minimum atomic E-state index is 0.644. The zero-order valence-electron chi connectivity index (χ0n) is 21.3. The van der Waals surface area contributed by atoms with Gasteiger partial charge in [0.15, 0.2) is 0 Å². The monoisotopic (exact) mass is 439 g/mol. The molecule has 2 nitrogen and oxygen atoms in total. The van der Waals surface area contributed by atoms with Gasteiger partial charge in [0.1, 0.15) is 18.1 Å². The van der Waals surface area contributed by atoms with Gasteiger partial charge in [-0.1, -0.05) is 135 Å². The van der Waals surface area contributed by atoms with Gasteiger partial charge in [-0.2, -0.15) is 4.57 Å². The molecule has 180 valence electrons. The highest BCUT2D eigenvalue weighted by atomic mass is 15.1. The van der Waals surface area contributed by atoms with Crippen molar-refractivity contribution in [3.8, 4) is 5.69 Å². The number of para-hydroxylation sites is 1. The van der Waals surface area contributed by atoms with E-state index in [1.165, 1.54) is 127 Å². The smallest absolute Gasteiger partial charge is 0.247 e. The summed E-state index contributed by atoms with van der Waals surface area (Å²) in [5.74, 6) is 2.05. The molecule has 0 bridgehead atoms. The molecule has 1 aromatic heterocycles. The van der Waals surface area contributed by atoms with Gasteiger partial charge in [0.2, 0.25) is 0 Å². The van der Waals surface area contributed by atoms with Gasteiger partial charge in [-0.05, 0) is 25.0 Å². The van der Waals surface area contributed by atoms with Crippen molar-refractivity contribution in [1.29, 1.82) is 0 Å².